The van der Waals surface area contributed by atoms with Gasteiger partial charge in [-0.2, -0.15) is 0 Å². The molecule has 0 aliphatic heterocycles. The molecule has 1 amide bonds. The van der Waals surface area contributed by atoms with E-state index in [9.17, 15) is 14.0 Å². The third-order valence-corrected chi connectivity index (χ3v) is 1.76. The fourth-order valence-electron chi connectivity index (χ4n) is 1.08. The Labute approximate surface area is 96.4 Å². The molecule has 0 saturated heterocycles. The summed E-state index contributed by atoms with van der Waals surface area (Å²) in [5, 5.41) is 11.2. The van der Waals surface area contributed by atoms with E-state index in [0.717, 1.165) is 12.3 Å². The van der Waals surface area contributed by atoms with Crippen molar-refractivity contribution in [2.75, 3.05) is 13.2 Å². The molecule has 0 radical (unpaired) electrons. The van der Waals surface area contributed by atoms with E-state index in [2.05, 4.69) is 10.3 Å². The number of nitrogens with zero attached hydrogens (tertiary/aromatic N) is 1. The number of halogens is 1. The number of ether oxygens (including phenoxy) is 1. The number of aromatic nitrogens is 1. The third-order valence-electron chi connectivity index (χ3n) is 1.76. The van der Waals surface area contributed by atoms with Gasteiger partial charge in [0, 0.05) is 6.54 Å². The highest BCUT2D eigenvalue weighted by Crippen LogP contribution is 2.15. The van der Waals surface area contributed by atoms with Gasteiger partial charge in [0.15, 0.2) is 6.61 Å². The first kappa shape index (κ1) is 12.9. The lowest BCUT2D eigenvalue weighted by molar-refractivity contribution is -0.123. The molecular weight excluding hydrogens is 231 g/mol. The van der Waals surface area contributed by atoms with Crippen LogP contribution in [0.3, 0.4) is 0 Å². The van der Waals surface area contributed by atoms with Gasteiger partial charge in [0.1, 0.15) is 11.4 Å². The highest BCUT2D eigenvalue weighted by atomic mass is 19.1. The Morgan fingerprint density at radius 2 is 2.29 bits per heavy atom. The first-order valence-corrected chi connectivity index (χ1v) is 4.83. The molecule has 1 heterocycles. The van der Waals surface area contributed by atoms with Crippen molar-refractivity contribution in [2.45, 2.75) is 6.92 Å². The molecule has 0 atom stereocenters. The second-order valence-electron chi connectivity index (χ2n) is 3.05. The topological polar surface area (TPSA) is 88.5 Å². The molecule has 6 nitrogen and oxygen atoms in total. The molecule has 0 aliphatic carbocycles. The minimum Gasteiger partial charge on any atom is -0.477 e. The van der Waals surface area contributed by atoms with Crippen molar-refractivity contribution in [3.05, 3.63) is 23.6 Å². The maximum atomic E-state index is 12.8. The summed E-state index contributed by atoms with van der Waals surface area (Å²) in [7, 11) is 0. The SMILES string of the molecule is CCNC(=O)COc1ncc(F)cc1C(=O)O. The number of nitrogens with one attached hydrogen (secondary N) is 1. The fourth-order valence-corrected chi connectivity index (χ4v) is 1.08. The summed E-state index contributed by atoms with van der Waals surface area (Å²) in [5.74, 6) is -2.85. The summed E-state index contributed by atoms with van der Waals surface area (Å²) in [6.45, 7) is 1.80. The number of rotatable bonds is 5. The number of hydrogen-bond acceptors (Lipinski definition) is 4. The van der Waals surface area contributed by atoms with Crippen LogP contribution < -0.4 is 10.1 Å². The minimum absolute atomic E-state index is 0.287. The summed E-state index contributed by atoms with van der Waals surface area (Å²) >= 11 is 0. The number of hydrogen-bond donors (Lipinski definition) is 2. The molecule has 2 N–H and O–H groups in total. The van der Waals surface area contributed by atoms with Crippen molar-refractivity contribution in [1.82, 2.24) is 10.3 Å². The van der Waals surface area contributed by atoms with Crippen LogP contribution in [0, 0.1) is 5.82 Å². The van der Waals surface area contributed by atoms with Crippen LogP contribution in [0.15, 0.2) is 12.3 Å². The van der Waals surface area contributed by atoms with Crippen LogP contribution in [0.2, 0.25) is 0 Å². The van der Waals surface area contributed by atoms with E-state index in [0.29, 0.717) is 6.54 Å². The Bertz CT molecular complexity index is 436. The summed E-state index contributed by atoms with van der Waals surface area (Å²) in [4.78, 5) is 25.3. The van der Waals surface area contributed by atoms with Gasteiger partial charge in [0.2, 0.25) is 5.88 Å². The molecular formula is C10H11FN2O4. The van der Waals surface area contributed by atoms with E-state index in [1.54, 1.807) is 6.92 Å². The summed E-state index contributed by atoms with van der Waals surface area (Å²) < 4.78 is 17.7. The number of pyridine rings is 1. The van der Waals surface area contributed by atoms with Crippen LogP contribution in [-0.2, 0) is 4.79 Å². The van der Waals surface area contributed by atoms with Gasteiger partial charge in [0.25, 0.3) is 5.91 Å². The Kier molecular flexibility index (Phi) is 4.38. The number of carboxylic acids is 1. The van der Waals surface area contributed by atoms with Gasteiger partial charge < -0.3 is 15.2 Å². The number of carbonyl (C=O) groups excluding carboxylic acids is 1. The van der Waals surface area contributed by atoms with Gasteiger partial charge in [-0.1, -0.05) is 0 Å². The van der Waals surface area contributed by atoms with Gasteiger partial charge >= 0.3 is 5.97 Å². The summed E-state index contributed by atoms with van der Waals surface area (Å²) in [5.41, 5.74) is -0.422. The largest absolute Gasteiger partial charge is 0.477 e. The zero-order valence-electron chi connectivity index (χ0n) is 9.07. The van der Waals surface area contributed by atoms with Crippen molar-refractivity contribution in [3.8, 4) is 5.88 Å². The molecule has 0 bridgehead atoms. The smallest absolute Gasteiger partial charge is 0.341 e. The predicted octanol–water partition coefficient (Wildman–Crippen LogP) is 0.434. The van der Waals surface area contributed by atoms with E-state index in [1.165, 1.54) is 0 Å². The van der Waals surface area contributed by atoms with Crippen LogP contribution in [0.4, 0.5) is 4.39 Å². The summed E-state index contributed by atoms with van der Waals surface area (Å²) in [6.07, 6.45) is 0.819. The lowest BCUT2D eigenvalue weighted by Gasteiger charge is -2.07. The summed E-state index contributed by atoms with van der Waals surface area (Å²) in [6, 6.07) is 0.780. The lowest BCUT2D eigenvalue weighted by Crippen LogP contribution is -2.28. The number of aromatic carboxylic acids is 1. The second-order valence-corrected chi connectivity index (χ2v) is 3.05. The van der Waals surface area contributed by atoms with Gasteiger partial charge in [-0.15, -0.1) is 0 Å². The molecule has 0 fully saturated rings. The fraction of sp³-hybridized carbons (Fsp3) is 0.300. The molecule has 1 aromatic heterocycles. The van der Waals surface area contributed by atoms with Crippen LogP contribution >= 0.6 is 0 Å². The quantitative estimate of drug-likeness (QED) is 0.781. The maximum Gasteiger partial charge on any atom is 0.341 e. The van der Waals surface area contributed by atoms with Gasteiger partial charge in [-0.05, 0) is 13.0 Å². The molecule has 0 aromatic carbocycles. The number of amides is 1. The Balaban J connectivity index is 2.77. The number of carboxylic acid groups (broad SMARTS) is 1. The molecule has 1 aromatic rings. The molecule has 0 saturated carbocycles. The molecule has 7 heteroatoms. The van der Waals surface area contributed by atoms with E-state index in [-0.39, 0.29) is 12.5 Å². The average molecular weight is 242 g/mol. The molecule has 1 rings (SSSR count). The zero-order valence-corrected chi connectivity index (χ0v) is 9.07. The van der Waals surface area contributed by atoms with Gasteiger partial charge in [-0.25, -0.2) is 14.2 Å². The van der Waals surface area contributed by atoms with E-state index in [1.807, 2.05) is 0 Å². The van der Waals surface area contributed by atoms with Gasteiger partial charge in [-0.3, -0.25) is 4.79 Å². The number of likely N-dealkylation sites (N-methyl/N-ethyl adjacent to an activating group) is 1. The molecule has 17 heavy (non-hydrogen) atoms. The van der Waals surface area contributed by atoms with Crippen LogP contribution in [0.25, 0.3) is 0 Å². The van der Waals surface area contributed by atoms with Crippen LogP contribution in [0.5, 0.6) is 5.88 Å². The Morgan fingerprint density at radius 1 is 1.59 bits per heavy atom. The lowest BCUT2D eigenvalue weighted by atomic mass is 10.3. The van der Waals surface area contributed by atoms with E-state index in [4.69, 9.17) is 9.84 Å². The third kappa shape index (κ3) is 3.71. The zero-order chi connectivity index (χ0) is 12.8. The Hall–Kier alpha value is -2.18. The average Bonchev–Trinajstić information content (AvgIpc) is 2.27. The maximum absolute atomic E-state index is 12.8. The van der Waals surface area contributed by atoms with Crippen molar-refractivity contribution < 1.29 is 23.8 Å². The standard InChI is InChI=1S/C10H11FN2O4/c1-2-12-8(14)5-17-9-7(10(15)16)3-6(11)4-13-9/h3-4H,2,5H2,1H3,(H,12,14)(H,15,16). The molecule has 0 aliphatic rings. The first-order valence-electron chi connectivity index (χ1n) is 4.83. The first-order chi connectivity index (χ1) is 8.04. The van der Waals surface area contributed by atoms with Crippen molar-refractivity contribution >= 4 is 11.9 Å². The minimum atomic E-state index is -1.37. The number of carbonyl (C=O) groups is 2. The van der Waals surface area contributed by atoms with E-state index < -0.39 is 23.3 Å². The molecule has 0 unspecified atom stereocenters. The monoisotopic (exact) mass is 242 g/mol. The van der Waals surface area contributed by atoms with E-state index >= 15 is 0 Å². The van der Waals surface area contributed by atoms with Crippen LogP contribution in [0.1, 0.15) is 17.3 Å². The van der Waals surface area contributed by atoms with Crippen molar-refractivity contribution in [1.29, 1.82) is 0 Å². The van der Waals surface area contributed by atoms with Crippen LogP contribution in [-0.4, -0.2) is 35.1 Å². The van der Waals surface area contributed by atoms with Crippen molar-refractivity contribution in [2.24, 2.45) is 0 Å². The normalized spacial score (nSPS) is 9.76. The second kappa shape index (κ2) is 5.78. The van der Waals surface area contributed by atoms with Gasteiger partial charge in [0.05, 0.1) is 6.20 Å². The highest BCUT2D eigenvalue weighted by Gasteiger charge is 2.15. The molecule has 92 valence electrons. The van der Waals surface area contributed by atoms with Crippen molar-refractivity contribution in [3.63, 3.8) is 0 Å². The molecule has 0 spiro atoms. The Morgan fingerprint density at radius 3 is 2.88 bits per heavy atom. The predicted molar refractivity (Wildman–Crippen MR) is 55.3 cm³/mol. The highest BCUT2D eigenvalue weighted by molar-refractivity contribution is 5.90.